The van der Waals surface area contributed by atoms with E-state index in [1.165, 1.54) is 16.0 Å². The highest BCUT2D eigenvalue weighted by Crippen LogP contribution is 2.18. The van der Waals surface area contributed by atoms with Crippen LogP contribution < -0.4 is 10.7 Å². The Bertz CT molecular complexity index is 1180. The third kappa shape index (κ3) is 1.51. The maximum absolute atomic E-state index is 4.94. The number of allylic oxidation sites excluding steroid dienone is 2. The van der Waals surface area contributed by atoms with Crippen LogP contribution >= 0.6 is 0 Å². The lowest BCUT2D eigenvalue weighted by Crippen LogP contribution is -2.17. The molecule has 1 atom stereocenters. The molecule has 3 nitrogen and oxygen atoms in total. The molecule has 1 aliphatic carbocycles. The molecule has 3 aromatic rings. The van der Waals surface area contributed by atoms with Crippen LogP contribution in [0.2, 0.25) is 0 Å². The molecule has 0 saturated carbocycles. The van der Waals surface area contributed by atoms with Crippen molar-refractivity contribution in [2.45, 2.75) is 6.04 Å². The predicted molar refractivity (Wildman–Crippen MR) is 86.5 cm³/mol. The van der Waals surface area contributed by atoms with Gasteiger partial charge in [-0.05, 0) is 12.1 Å². The van der Waals surface area contributed by atoms with Gasteiger partial charge in [0.15, 0.2) is 0 Å². The van der Waals surface area contributed by atoms with Gasteiger partial charge < -0.3 is 4.98 Å². The van der Waals surface area contributed by atoms with E-state index in [1.54, 1.807) is 0 Å². The second-order valence-corrected chi connectivity index (χ2v) is 5.59. The van der Waals surface area contributed by atoms with Gasteiger partial charge >= 0.3 is 0 Å². The van der Waals surface area contributed by atoms with Crippen molar-refractivity contribution in [3.05, 3.63) is 88.2 Å². The van der Waals surface area contributed by atoms with Crippen LogP contribution in [-0.4, -0.2) is 16.0 Å². The lowest BCUT2D eigenvalue weighted by Gasteiger charge is -2.10. The summed E-state index contributed by atoms with van der Waals surface area (Å²) >= 11 is 0. The van der Waals surface area contributed by atoms with Crippen molar-refractivity contribution in [1.29, 1.82) is 0 Å². The van der Waals surface area contributed by atoms with E-state index in [-0.39, 0.29) is 6.04 Å². The molecule has 2 aromatic heterocycles. The zero-order chi connectivity index (χ0) is 14.5. The number of nitrogens with zero attached hydrogens (tertiary/aromatic N) is 2. The summed E-state index contributed by atoms with van der Waals surface area (Å²) in [4.78, 5) is 12.8. The molecule has 1 unspecified atom stereocenters. The Morgan fingerprint density at radius 2 is 2.00 bits per heavy atom. The molecular formula is C19H13N3. The van der Waals surface area contributed by atoms with E-state index < -0.39 is 0 Å². The molecule has 0 saturated heterocycles. The smallest absolute Gasteiger partial charge is 0.0961 e. The van der Waals surface area contributed by atoms with Crippen LogP contribution in [0.25, 0.3) is 16.5 Å². The summed E-state index contributed by atoms with van der Waals surface area (Å²) in [7, 11) is 0. The summed E-state index contributed by atoms with van der Waals surface area (Å²) in [5.74, 6) is 0. The molecule has 0 radical (unpaired) electrons. The highest BCUT2D eigenvalue weighted by molar-refractivity contribution is 5.81. The molecule has 3 heteroatoms. The van der Waals surface area contributed by atoms with Crippen molar-refractivity contribution in [3.63, 3.8) is 0 Å². The van der Waals surface area contributed by atoms with Gasteiger partial charge in [0.05, 0.1) is 16.7 Å². The molecule has 3 heterocycles. The molecule has 104 valence electrons. The summed E-state index contributed by atoms with van der Waals surface area (Å²) in [5, 5.41) is 5.72. The standard InChI is InChI=1S/C19H13N3/c1-3-7-15-12(5-1)18-14-11-20-10-9-17(14)22-19(18)13-6-2-4-8-16(13)21-15/h1-11,16,22H. The number of para-hydroxylation sites is 1. The predicted octanol–water partition coefficient (Wildman–Crippen LogP) is 2.13. The van der Waals surface area contributed by atoms with Crippen molar-refractivity contribution >= 4 is 16.5 Å². The van der Waals surface area contributed by atoms with Crippen LogP contribution in [0.1, 0.15) is 0 Å². The van der Waals surface area contributed by atoms with Crippen molar-refractivity contribution in [1.82, 2.24) is 9.97 Å². The molecule has 22 heavy (non-hydrogen) atoms. The average Bonchev–Trinajstić information content (AvgIpc) is 2.89. The Kier molecular flexibility index (Phi) is 2.27. The van der Waals surface area contributed by atoms with E-state index in [4.69, 9.17) is 4.99 Å². The Morgan fingerprint density at radius 3 is 3.00 bits per heavy atom. The number of aromatic amines is 1. The van der Waals surface area contributed by atoms with Crippen LogP contribution in [0.15, 0.2) is 72.0 Å². The summed E-state index contributed by atoms with van der Waals surface area (Å²) in [6.45, 7) is 0. The lowest BCUT2D eigenvalue weighted by atomic mass is 10.0. The van der Waals surface area contributed by atoms with Crippen LogP contribution in [-0.2, 0) is 0 Å². The zero-order valence-electron chi connectivity index (χ0n) is 11.8. The summed E-state index contributed by atoms with van der Waals surface area (Å²) in [5.41, 5.74) is 2.33. The van der Waals surface area contributed by atoms with Gasteiger partial charge in [-0.2, -0.15) is 0 Å². The fourth-order valence-electron chi connectivity index (χ4n) is 3.35. The monoisotopic (exact) mass is 283 g/mol. The Balaban J connectivity index is 2.22. The van der Waals surface area contributed by atoms with Gasteiger partial charge in [0, 0.05) is 39.3 Å². The molecule has 1 aliphatic heterocycles. The molecule has 5 rings (SSSR count). The number of fused-ring (bicyclic) bond motifs is 5. The van der Waals surface area contributed by atoms with Gasteiger partial charge in [-0.3, -0.25) is 9.98 Å². The summed E-state index contributed by atoms with van der Waals surface area (Å²) < 4.78 is 0. The summed E-state index contributed by atoms with van der Waals surface area (Å²) in [6, 6.07) is 10.4. The van der Waals surface area contributed by atoms with Gasteiger partial charge in [-0.25, -0.2) is 0 Å². The number of H-pyrrole nitrogens is 1. The first-order valence-electron chi connectivity index (χ1n) is 7.40. The molecular weight excluding hydrogens is 270 g/mol. The largest absolute Gasteiger partial charge is 0.354 e. The third-order valence-electron chi connectivity index (χ3n) is 4.34. The first kappa shape index (κ1) is 11.7. The van der Waals surface area contributed by atoms with E-state index >= 15 is 0 Å². The SMILES string of the molecule is C1=CC2=c3[nH]c4ccncc4c3=c3ccccc3=NC2C=C1. The molecule has 1 N–H and O–H groups in total. The minimum Gasteiger partial charge on any atom is -0.354 e. The number of hydrogen-bond acceptors (Lipinski definition) is 2. The van der Waals surface area contributed by atoms with Crippen LogP contribution in [0.4, 0.5) is 0 Å². The Morgan fingerprint density at radius 1 is 1.05 bits per heavy atom. The maximum atomic E-state index is 4.94. The number of rotatable bonds is 0. The van der Waals surface area contributed by atoms with Gasteiger partial charge in [0.1, 0.15) is 0 Å². The second-order valence-electron chi connectivity index (χ2n) is 5.59. The highest BCUT2D eigenvalue weighted by atomic mass is 14.8. The van der Waals surface area contributed by atoms with E-state index in [0.717, 1.165) is 21.6 Å². The van der Waals surface area contributed by atoms with Crippen LogP contribution in [0, 0.1) is 10.4 Å². The number of pyridine rings is 1. The fraction of sp³-hybridized carbons (Fsp3) is 0.0526. The fourth-order valence-corrected chi connectivity index (χ4v) is 3.35. The zero-order valence-corrected chi connectivity index (χ0v) is 11.8. The first-order chi connectivity index (χ1) is 10.9. The van der Waals surface area contributed by atoms with Crippen molar-refractivity contribution < 1.29 is 0 Å². The number of hydrogen-bond donors (Lipinski definition) is 1. The third-order valence-corrected chi connectivity index (χ3v) is 4.34. The first-order valence-corrected chi connectivity index (χ1v) is 7.40. The van der Waals surface area contributed by atoms with E-state index in [1.807, 2.05) is 24.5 Å². The number of nitrogens with one attached hydrogen (secondary N) is 1. The Labute approximate surface area is 126 Å². The average molecular weight is 283 g/mol. The van der Waals surface area contributed by atoms with Crippen molar-refractivity contribution in [3.8, 4) is 0 Å². The van der Waals surface area contributed by atoms with Gasteiger partial charge in [0.2, 0.25) is 0 Å². The highest BCUT2D eigenvalue weighted by Gasteiger charge is 2.16. The maximum Gasteiger partial charge on any atom is 0.0961 e. The van der Waals surface area contributed by atoms with Crippen LogP contribution in [0.3, 0.4) is 0 Å². The normalized spacial score (nSPS) is 18.4. The van der Waals surface area contributed by atoms with E-state index in [9.17, 15) is 0 Å². The molecule has 0 fully saturated rings. The van der Waals surface area contributed by atoms with Gasteiger partial charge in [-0.1, -0.05) is 42.5 Å². The van der Waals surface area contributed by atoms with Gasteiger partial charge in [-0.15, -0.1) is 0 Å². The van der Waals surface area contributed by atoms with Crippen LogP contribution in [0.5, 0.6) is 0 Å². The molecule has 0 bridgehead atoms. The lowest BCUT2D eigenvalue weighted by molar-refractivity contribution is 0.984. The molecule has 1 aromatic carbocycles. The van der Waals surface area contributed by atoms with Crippen molar-refractivity contribution in [2.24, 2.45) is 4.99 Å². The minimum absolute atomic E-state index is 0.0634. The van der Waals surface area contributed by atoms with E-state index in [2.05, 4.69) is 52.5 Å². The molecule has 0 amide bonds. The molecule has 2 aliphatic rings. The van der Waals surface area contributed by atoms with Crippen molar-refractivity contribution in [2.75, 3.05) is 0 Å². The molecule has 0 spiro atoms. The quantitative estimate of drug-likeness (QED) is 0.674. The van der Waals surface area contributed by atoms with E-state index in [0.29, 0.717) is 0 Å². The number of benzene rings is 1. The minimum atomic E-state index is 0.0634. The summed E-state index contributed by atoms with van der Waals surface area (Å²) in [6.07, 6.45) is 12.2. The topological polar surface area (TPSA) is 41.0 Å². The second kappa shape index (κ2) is 4.28. The Hall–Kier alpha value is -2.94. The van der Waals surface area contributed by atoms with Gasteiger partial charge in [0.25, 0.3) is 0 Å². The number of aromatic nitrogens is 2.